The van der Waals surface area contributed by atoms with Crippen molar-refractivity contribution in [1.29, 1.82) is 0 Å². The fourth-order valence-electron chi connectivity index (χ4n) is 3.15. The number of nitrogens with zero attached hydrogens (tertiary/aromatic N) is 3. The van der Waals surface area contributed by atoms with Crippen molar-refractivity contribution in [3.63, 3.8) is 0 Å². The van der Waals surface area contributed by atoms with Crippen molar-refractivity contribution in [2.24, 2.45) is 0 Å². The zero-order valence-electron chi connectivity index (χ0n) is 18.0. The predicted molar refractivity (Wildman–Crippen MR) is 119 cm³/mol. The minimum atomic E-state index is -0.119. The molecule has 3 rings (SSSR count). The summed E-state index contributed by atoms with van der Waals surface area (Å²) in [5.74, 6) is 1.09. The molecule has 1 amide bonds. The number of H-pyrrole nitrogens is 1. The summed E-state index contributed by atoms with van der Waals surface area (Å²) in [6.45, 7) is 2.60. The number of aromatic nitrogens is 2. The maximum atomic E-state index is 12.9. The van der Waals surface area contributed by atoms with E-state index in [-0.39, 0.29) is 5.91 Å². The maximum Gasteiger partial charge on any atom is 0.257 e. The number of nitrogens with one attached hydrogen (secondary N) is 2. The third-order valence-corrected chi connectivity index (χ3v) is 4.76. The summed E-state index contributed by atoms with van der Waals surface area (Å²) >= 11 is 0. The average Bonchev–Trinajstić information content (AvgIpc) is 3.20. The van der Waals surface area contributed by atoms with Gasteiger partial charge in [0.15, 0.2) is 0 Å². The Balaban J connectivity index is 1.93. The summed E-state index contributed by atoms with van der Waals surface area (Å²) in [5.41, 5.74) is 3.29. The van der Waals surface area contributed by atoms with Gasteiger partial charge in [-0.1, -0.05) is 18.2 Å². The number of rotatable bonds is 9. The van der Waals surface area contributed by atoms with Crippen LogP contribution >= 0.6 is 0 Å². The monoisotopic (exact) mass is 407 g/mol. The molecule has 1 aromatic heterocycles. The number of ether oxygens (including phenoxy) is 1. The molecule has 7 heteroatoms. The molecule has 0 aliphatic heterocycles. The van der Waals surface area contributed by atoms with Crippen molar-refractivity contribution in [2.45, 2.75) is 6.54 Å². The molecule has 0 radical (unpaired) electrons. The molecule has 2 aromatic carbocycles. The molecular formula is C23H29N5O2. The van der Waals surface area contributed by atoms with E-state index in [9.17, 15) is 4.79 Å². The van der Waals surface area contributed by atoms with E-state index in [1.54, 1.807) is 19.0 Å². The largest absolute Gasteiger partial charge is 0.457 e. The van der Waals surface area contributed by atoms with Crippen molar-refractivity contribution in [1.82, 2.24) is 25.3 Å². The smallest absolute Gasteiger partial charge is 0.257 e. The Kier molecular flexibility index (Phi) is 7.21. The number of benzene rings is 2. The first-order valence-electron chi connectivity index (χ1n) is 9.94. The highest BCUT2D eigenvalue weighted by Crippen LogP contribution is 2.31. The summed E-state index contributed by atoms with van der Waals surface area (Å²) in [6.07, 6.45) is 1.91. The van der Waals surface area contributed by atoms with Gasteiger partial charge in [-0.15, -0.1) is 0 Å². The van der Waals surface area contributed by atoms with Crippen LogP contribution in [-0.2, 0) is 6.54 Å². The maximum absolute atomic E-state index is 12.9. The number of likely N-dealkylation sites (N-methyl/N-ethyl adjacent to an activating group) is 2. The van der Waals surface area contributed by atoms with Gasteiger partial charge in [0.1, 0.15) is 11.5 Å². The van der Waals surface area contributed by atoms with Crippen molar-refractivity contribution >= 4 is 5.91 Å². The topological polar surface area (TPSA) is 73.5 Å². The number of carbonyl (C=O) groups excluding carboxylic acids is 1. The van der Waals surface area contributed by atoms with E-state index in [2.05, 4.69) is 27.5 Å². The second-order valence-corrected chi connectivity index (χ2v) is 7.43. The third kappa shape index (κ3) is 5.25. The highest BCUT2D eigenvalue weighted by Gasteiger charge is 2.19. The molecule has 0 aliphatic rings. The number of amides is 1. The SMILES string of the molecule is CNCCN(C)Cc1c[nH]nc1-c1ccc(Oc2ccccc2)c(C(=O)N(C)C)c1. The summed E-state index contributed by atoms with van der Waals surface area (Å²) in [5, 5.41) is 10.6. The minimum Gasteiger partial charge on any atom is -0.457 e. The van der Waals surface area contributed by atoms with Gasteiger partial charge >= 0.3 is 0 Å². The van der Waals surface area contributed by atoms with Crippen LogP contribution in [0.15, 0.2) is 54.7 Å². The Labute approximate surface area is 177 Å². The van der Waals surface area contributed by atoms with Crippen molar-refractivity contribution < 1.29 is 9.53 Å². The number of carbonyl (C=O) groups is 1. The lowest BCUT2D eigenvalue weighted by Crippen LogP contribution is -2.27. The summed E-state index contributed by atoms with van der Waals surface area (Å²) in [6, 6.07) is 15.1. The Morgan fingerprint density at radius 1 is 1.13 bits per heavy atom. The molecule has 0 atom stereocenters. The van der Waals surface area contributed by atoms with E-state index in [4.69, 9.17) is 4.74 Å². The minimum absolute atomic E-state index is 0.119. The second kappa shape index (κ2) is 10.0. The van der Waals surface area contributed by atoms with Crippen LogP contribution in [0.2, 0.25) is 0 Å². The van der Waals surface area contributed by atoms with Crippen molar-refractivity contribution in [3.8, 4) is 22.8 Å². The van der Waals surface area contributed by atoms with Gasteiger partial charge in [0, 0.05) is 51.1 Å². The van der Waals surface area contributed by atoms with Gasteiger partial charge in [-0.3, -0.25) is 9.89 Å². The number of hydrogen-bond acceptors (Lipinski definition) is 5. The molecule has 0 fully saturated rings. The Bertz CT molecular complexity index is 969. The Morgan fingerprint density at radius 3 is 2.60 bits per heavy atom. The highest BCUT2D eigenvalue weighted by molar-refractivity contribution is 5.98. The summed E-state index contributed by atoms with van der Waals surface area (Å²) in [4.78, 5) is 16.6. The molecule has 30 heavy (non-hydrogen) atoms. The van der Waals surface area contributed by atoms with Gasteiger partial charge in [-0.25, -0.2) is 0 Å². The normalized spacial score (nSPS) is 11.0. The van der Waals surface area contributed by atoms with E-state index in [0.29, 0.717) is 17.1 Å². The van der Waals surface area contributed by atoms with Crippen molar-refractivity contribution in [2.75, 3.05) is 41.3 Å². The molecule has 7 nitrogen and oxygen atoms in total. The lowest BCUT2D eigenvalue weighted by Gasteiger charge is -2.17. The molecule has 0 spiro atoms. The molecule has 2 N–H and O–H groups in total. The lowest BCUT2D eigenvalue weighted by atomic mass is 10.0. The number of hydrogen-bond donors (Lipinski definition) is 2. The van der Waals surface area contributed by atoms with Crippen LogP contribution < -0.4 is 10.1 Å². The second-order valence-electron chi connectivity index (χ2n) is 7.43. The van der Waals surface area contributed by atoms with E-state index in [1.165, 1.54) is 0 Å². The predicted octanol–water partition coefficient (Wildman–Crippen LogP) is 3.22. The van der Waals surface area contributed by atoms with E-state index in [1.807, 2.05) is 61.8 Å². The Morgan fingerprint density at radius 2 is 1.90 bits per heavy atom. The first kappa shape index (κ1) is 21.5. The van der Waals surface area contributed by atoms with Crippen LogP contribution in [0.4, 0.5) is 0 Å². The summed E-state index contributed by atoms with van der Waals surface area (Å²) < 4.78 is 6.00. The van der Waals surface area contributed by atoms with Crippen molar-refractivity contribution in [3.05, 3.63) is 65.9 Å². The fraction of sp³-hybridized carbons (Fsp3) is 0.304. The van der Waals surface area contributed by atoms with Crippen LogP contribution in [0.3, 0.4) is 0 Å². The zero-order chi connectivity index (χ0) is 21.5. The molecule has 3 aromatic rings. The van der Waals surface area contributed by atoms with Crippen LogP contribution in [0.25, 0.3) is 11.3 Å². The number of para-hydroxylation sites is 1. The molecule has 0 saturated carbocycles. The molecule has 0 saturated heterocycles. The molecular weight excluding hydrogens is 378 g/mol. The van der Waals surface area contributed by atoms with Crippen LogP contribution in [-0.4, -0.2) is 67.2 Å². The van der Waals surface area contributed by atoms with Crippen LogP contribution in [0.1, 0.15) is 15.9 Å². The Hall–Kier alpha value is -3.16. The van der Waals surface area contributed by atoms with E-state index in [0.717, 1.165) is 36.5 Å². The third-order valence-electron chi connectivity index (χ3n) is 4.76. The van der Waals surface area contributed by atoms with Gasteiger partial charge < -0.3 is 19.9 Å². The van der Waals surface area contributed by atoms with Gasteiger partial charge in [0.05, 0.1) is 11.3 Å². The highest BCUT2D eigenvalue weighted by atomic mass is 16.5. The standard InChI is InChI=1S/C23H29N5O2/c1-24-12-13-28(4)16-18-15-25-26-22(18)17-10-11-21(20(14-17)23(29)27(2)3)30-19-8-6-5-7-9-19/h5-11,14-15,24H,12-13,16H2,1-4H3,(H,25,26). The van der Waals surface area contributed by atoms with E-state index < -0.39 is 0 Å². The fourth-order valence-corrected chi connectivity index (χ4v) is 3.15. The molecule has 0 bridgehead atoms. The zero-order valence-corrected chi connectivity index (χ0v) is 18.0. The van der Waals surface area contributed by atoms with E-state index >= 15 is 0 Å². The van der Waals surface area contributed by atoms with Gasteiger partial charge in [-0.05, 0) is 44.4 Å². The van der Waals surface area contributed by atoms with Gasteiger partial charge in [0.2, 0.25) is 0 Å². The molecule has 0 unspecified atom stereocenters. The first-order chi connectivity index (χ1) is 14.5. The summed E-state index contributed by atoms with van der Waals surface area (Å²) in [7, 11) is 7.49. The van der Waals surface area contributed by atoms with Gasteiger partial charge in [0.25, 0.3) is 5.91 Å². The molecule has 0 aliphatic carbocycles. The van der Waals surface area contributed by atoms with Gasteiger partial charge in [-0.2, -0.15) is 5.10 Å². The molecule has 1 heterocycles. The number of aromatic amines is 1. The lowest BCUT2D eigenvalue weighted by molar-refractivity contribution is 0.0825. The average molecular weight is 408 g/mol. The quantitative estimate of drug-likeness (QED) is 0.570. The first-order valence-corrected chi connectivity index (χ1v) is 9.94. The van der Waals surface area contributed by atoms with Crippen LogP contribution in [0.5, 0.6) is 11.5 Å². The van der Waals surface area contributed by atoms with Crippen LogP contribution in [0, 0.1) is 0 Å². The molecule has 158 valence electrons.